The first-order valence-electron chi connectivity index (χ1n) is 6.97. The largest absolute Gasteiger partial charge is 0.493 e. The van der Waals surface area contributed by atoms with Crippen molar-refractivity contribution in [2.24, 2.45) is 0 Å². The standard InChI is InChI=1S/C14H27N3O2/c1-6-9-17-14(13(19-5)10-16-17)12(15-3)8-7-11(2)18-4/h10-12,15H,6-9H2,1-5H3. The first-order valence-corrected chi connectivity index (χ1v) is 6.97. The summed E-state index contributed by atoms with van der Waals surface area (Å²) in [5, 5.41) is 7.77. The second kappa shape index (κ2) is 8.17. The molecule has 0 aromatic carbocycles. The second-order valence-electron chi connectivity index (χ2n) is 4.79. The van der Waals surface area contributed by atoms with Gasteiger partial charge in [-0.1, -0.05) is 6.92 Å². The molecule has 0 saturated carbocycles. The van der Waals surface area contributed by atoms with Gasteiger partial charge < -0.3 is 14.8 Å². The summed E-state index contributed by atoms with van der Waals surface area (Å²) in [6, 6.07) is 0.238. The van der Waals surface area contributed by atoms with Crippen LogP contribution in [0.4, 0.5) is 0 Å². The number of nitrogens with one attached hydrogen (secondary N) is 1. The van der Waals surface area contributed by atoms with E-state index in [1.54, 1.807) is 20.4 Å². The average molecular weight is 269 g/mol. The summed E-state index contributed by atoms with van der Waals surface area (Å²) in [5.41, 5.74) is 1.13. The van der Waals surface area contributed by atoms with E-state index in [2.05, 4.69) is 24.3 Å². The first kappa shape index (κ1) is 16.0. The molecule has 1 aromatic rings. The van der Waals surface area contributed by atoms with Crippen LogP contribution in [0.5, 0.6) is 5.75 Å². The molecule has 0 aliphatic heterocycles. The van der Waals surface area contributed by atoms with E-state index in [4.69, 9.17) is 9.47 Å². The third-order valence-electron chi connectivity index (χ3n) is 3.44. The Labute approximate surface area is 116 Å². The van der Waals surface area contributed by atoms with Crippen LogP contribution in [0, 0.1) is 0 Å². The van der Waals surface area contributed by atoms with Crippen LogP contribution in [0.15, 0.2) is 6.20 Å². The van der Waals surface area contributed by atoms with E-state index in [0.29, 0.717) is 0 Å². The molecule has 2 atom stereocenters. The Balaban J connectivity index is 2.85. The van der Waals surface area contributed by atoms with Crippen molar-refractivity contribution in [3.63, 3.8) is 0 Å². The molecule has 0 fully saturated rings. The monoisotopic (exact) mass is 269 g/mol. The molecule has 1 rings (SSSR count). The van der Waals surface area contributed by atoms with Gasteiger partial charge in [-0.3, -0.25) is 4.68 Å². The van der Waals surface area contributed by atoms with Gasteiger partial charge in [-0.15, -0.1) is 0 Å². The molecule has 19 heavy (non-hydrogen) atoms. The minimum Gasteiger partial charge on any atom is -0.493 e. The Bertz CT molecular complexity index is 366. The molecule has 0 bridgehead atoms. The van der Waals surface area contributed by atoms with Crippen molar-refractivity contribution < 1.29 is 9.47 Å². The molecule has 1 heterocycles. The summed E-state index contributed by atoms with van der Waals surface area (Å²) >= 11 is 0. The molecule has 0 spiro atoms. The summed E-state index contributed by atoms with van der Waals surface area (Å²) in [4.78, 5) is 0. The van der Waals surface area contributed by atoms with Gasteiger partial charge >= 0.3 is 0 Å². The van der Waals surface area contributed by atoms with Crippen LogP contribution in [0.25, 0.3) is 0 Å². The number of nitrogens with zero attached hydrogens (tertiary/aromatic N) is 2. The molecular formula is C14H27N3O2. The van der Waals surface area contributed by atoms with Gasteiger partial charge in [0.2, 0.25) is 0 Å². The van der Waals surface area contributed by atoms with E-state index >= 15 is 0 Å². The topological polar surface area (TPSA) is 48.3 Å². The van der Waals surface area contributed by atoms with E-state index in [-0.39, 0.29) is 12.1 Å². The zero-order valence-electron chi connectivity index (χ0n) is 12.8. The normalized spacial score (nSPS) is 14.4. The second-order valence-corrected chi connectivity index (χ2v) is 4.79. The molecule has 5 nitrogen and oxygen atoms in total. The van der Waals surface area contributed by atoms with Gasteiger partial charge in [-0.25, -0.2) is 0 Å². The van der Waals surface area contributed by atoms with Gasteiger partial charge in [-0.05, 0) is 33.2 Å². The quantitative estimate of drug-likeness (QED) is 0.747. The minimum absolute atomic E-state index is 0.238. The predicted molar refractivity (Wildman–Crippen MR) is 76.6 cm³/mol. The molecule has 0 aliphatic carbocycles. The minimum atomic E-state index is 0.238. The van der Waals surface area contributed by atoms with E-state index in [1.165, 1.54) is 0 Å². The van der Waals surface area contributed by atoms with Crippen molar-refractivity contribution in [1.29, 1.82) is 0 Å². The molecule has 0 aliphatic rings. The summed E-state index contributed by atoms with van der Waals surface area (Å²) in [7, 11) is 5.42. The Morgan fingerprint density at radius 2 is 2.11 bits per heavy atom. The number of rotatable bonds is 9. The van der Waals surface area contributed by atoms with Crippen LogP contribution in [-0.2, 0) is 11.3 Å². The maximum Gasteiger partial charge on any atom is 0.161 e. The van der Waals surface area contributed by atoms with Gasteiger partial charge in [0.05, 0.1) is 31.1 Å². The van der Waals surface area contributed by atoms with Crippen LogP contribution >= 0.6 is 0 Å². The van der Waals surface area contributed by atoms with Gasteiger partial charge in [-0.2, -0.15) is 5.10 Å². The van der Waals surface area contributed by atoms with E-state index in [0.717, 1.165) is 37.3 Å². The van der Waals surface area contributed by atoms with Gasteiger partial charge in [0.1, 0.15) is 0 Å². The van der Waals surface area contributed by atoms with E-state index < -0.39 is 0 Å². The summed E-state index contributed by atoms with van der Waals surface area (Å²) in [5.74, 6) is 0.859. The fourth-order valence-electron chi connectivity index (χ4n) is 2.21. The van der Waals surface area contributed by atoms with Gasteiger partial charge in [0.25, 0.3) is 0 Å². The average Bonchev–Trinajstić information content (AvgIpc) is 2.83. The number of aromatic nitrogens is 2. The van der Waals surface area contributed by atoms with Crippen molar-refractivity contribution in [2.75, 3.05) is 21.3 Å². The Morgan fingerprint density at radius 1 is 1.37 bits per heavy atom. The van der Waals surface area contributed by atoms with Crippen LogP contribution in [0.2, 0.25) is 0 Å². The first-order chi connectivity index (χ1) is 9.17. The maximum atomic E-state index is 5.43. The molecular weight excluding hydrogens is 242 g/mol. The molecule has 0 amide bonds. The lowest BCUT2D eigenvalue weighted by Crippen LogP contribution is -2.22. The zero-order chi connectivity index (χ0) is 14.3. The molecule has 5 heteroatoms. The van der Waals surface area contributed by atoms with Crippen molar-refractivity contribution in [2.45, 2.75) is 51.8 Å². The summed E-state index contributed by atoms with van der Waals surface area (Å²) in [6.45, 7) is 5.16. The van der Waals surface area contributed by atoms with Crippen molar-refractivity contribution in [3.8, 4) is 5.75 Å². The highest BCUT2D eigenvalue weighted by Gasteiger charge is 2.21. The molecule has 0 radical (unpaired) electrons. The fourth-order valence-corrected chi connectivity index (χ4v) is 2.21. The molecule has 0 saturated heterocycles. The number of hydrogen-bond acceptors (Lipinski definition) is 4. The van der Waals surface area contributed by atoms with Gasteiger partial charge in [0, 0.05) is 13.7 Å². The van der Waals surface area contributed by atoms with Crippen LogP contribution in [0.3, 0.4) is 0 Å². The SMILES string of the molecule is CCCn1ncc(OC)c1C(CCC(C)OC)NC. The summed E-state index contributed by atoms with van der Waals surface area (Å²) < 4.78 is 12.8. The van der Waals surface area contributed by atoms with Crippen molar-refractivity contribution in [1.82, 2.24) is 15.1 Å². The van der Waals surface area contributed by atoms with Crippen molar-refractivity contribution in [3.05, 3.63) is 11.9 Å². The van der Waals surface area contributed by atoms with Crippen molar-refractivity contribution >= 4 is 0 Å². The Morgan fingerprint density at radius 3 is 2.63 bits per heavy atom. The lowest BCUT2D eigenvalue weighted by Gasteiger charge is -2.20. The highest BCUT2D eigenvalue weighted by molar-refractivity contribution is 5.28. The highest BCUT2D eigenvalue weighted by Crippen LogP contribution is 2.28. The van der Waals surface area contributed by atoms with Crippen LogP contribution in [-0.4, -0.2) is 37.2 Å². The number of hydrogen-bond donors (Lipinski definition) is 1. The number of ether oxygens (including phenoxy) is 2. The van der Waals surface area contributed by atoms with E-state index in [9.17, 15) is 0 Å². The molecule has 1 N–H and O–H groups in total. The lowest BCUT2D eigenvalue weighted by molar-refractivity contribution is 0.106. The Hall–Kier alpha value is -1.07. The van der Waals surface area contributed by atoms with Gasteiger partial charge in [0.15, 0.2) is 5.75 Å². The third kappa shape index (κ3) is 4.21. The van der Waals surface area contributed by atoms with E-state index in [1.807, 2.05) is 11.7 Å². The number of aryl methyl sites for hydroxylation is 1. The zero-order valence-corrected chi connectivity index (χ0v) is 12.8. The predicted octanol–water partition coefficient (Wildman–Crippen LogP) is 2.38. The lowest BCUT2D eigenvalue weighted by atomic mass is 10.0. The summed E-state index contributed by atoms with van der Waals surface area (Å²) in [6.07, 6.45) is 5.13. The van der Waals surface area contributed by atoms with Crippen LogP contribution < -0.4 is 10.1 Å². The molecule has 110 valence electrons. The molecule has 2 unspecified atom stereocenters. The smallest absolute Gasteiger partial charge is 0.161 e. The van der Waals surface area contributed by atoms with Crippen LogP contribution in [0.1, 0.15) is 44.8 Å². The highest BCUT2D eigenvalue weighted by atomic mass is 16.5. The Kier molecular flexibility index (Phi) is 6.87. The fraction of sp³-hybridized carbons (Fsp3) is 0.786. The third-order valence-corrected chi connectivity index (χ3v) is 3.44. The maximum absolute atomic E-state index is 5.43. The molecule has 1 aromatic heterocycles. The number of methoxy groups -OCH3 is 2.